The molecule has 5 heteroatoms. The molecule has 0 N–H and O–H groups in total. The van der Waals surface area contributed by atoms with Gasteiger partial charge < -0.3 is 14.0 Å². The Morgan fingerprint density at radius 3 is 1.36 bits per heavy atom. The van der Waals surface area contributed by atoms with Crippen molar-refractivity contribution in [1.82, 2.24) is 9.13 Å². The van der Waals surface area contributed by atoms with Gasteiger partial charge in [-0.15, -0.1) is 0 Å². The second-order valence-electron chi connectivity index (χ2n) is 19.2. The molecule has 13 rings (SSSR count). The number of para-hydroxylation sites is 4. The Bertz CT molecular complexity index is 3790. The normalized spacial score (nSPS) is 12.6. The van der Waals surface area contributed by atoms with E-state index in [1.165, 1.54) is 81.2 Å². The molecule has 0 spiro atoms. The SMILES string of the molecule is CC(C)(C)c1cc(-c2ccccc2)c(N2c3cccc(c3)Sc3cc(-n4c5ccccc5c5ccccc54)ccc3[B]c3ccc(-n4c5ccccc5c5ccccc54)cc32)c(-c2ccccc2)c1. The molecule has 0 aliphatic carbocycles. The zero-order valence-electron chi connectivity index (χ0n) is 38.8. The van der Waals surface area contributed by atoms with E-state index < -0.39 is 0 Å². The van der Waals surface area contributed by atoms with E-state index in [-0.39, 0.29) is 5.41 Å². The fourth-order valence-electron chi connectivity index (χ4n) is 10.6. The molecule has 10 aromatic carbocycles. The summed E-state index contributed by atoms with van der Waals surface area (Å²) in [6.07, 6.45) is 0. The first-order chi connectivity index (χ1) is 33.9. The number of aromatic nitrogens is 2. The van der Waals surface area contributed by atoms with Gasteiger partial charge in [-0.3, -0.25) is 0 Å². The summed E-state index contributed by atoms with van der Waals surface area (Å²) in [6, 6.07) is 85.3. The van der Waals surface area contributed by atoms with E-state index in [4.69, 9.17) is 0 Å². The average molecular weight is 901 g/mol. The van der Waals surface area contributed by atoms with Crippen molar-refractivity contribution in [3.8, 4) is 33.6 Å². The number of nitrogens with zero attached hydrogens (tertiary/aromatic N) is 3. The predicted octanol–water partition coefficient (Wildman–Crippen LogP) is 16.1. The van der Waals surface area contributed by atoms with Crippen LogP contribution in [0, 0.1) is 0 Å². The van der Waals surface area contributed by atoms with Crippen molar-refractivity contribution >= 4 is 90.6 Å². The minimum absolute atomic E-state index is 0.106. The van der Waals surface area contributed by atoms with Crippen LogP contribution in [-0.2, 0) is 5.41 Å². The molecule has 3 heterocycles. The summed E-state index contributed by atoms with van der Waals surface area (Å²) in [7, 11) is 2.41. The van der Waals surface area contributed by atoms with Crippen LogP contribution in [0.4, 0.5) is 17.1 Å². The third-order valence-electron chi connectivity index (χ3n) is 13.9. The Hall–Kier alpha value is -7.99. The second kappa shape index (κ2) is 16.4. The molecular weight excluding hydrogens is 854 g/mol. The topological polar surface area (TPSA) is 13.1 Å². The van der Waals surface area contributed by atoms with Crippen LogP contribution in [0.5, 0.6) is 0 Å². The molecule has 2 aromatic heterocycles. The summed E-state index contributed by atoms with van der Waals surface area (Å²) < 4.78 is 4.87. The van der Waals surface area contributed by atoms with Crippen LogP contribution in [-0.4, -0.2) is 16.4 Å². The number of benzene rings is 10. The van der Waals surface area contributed by atoms with Gasteiger partial charge in [0, 0.05) is 65.2 Å². The van der Waals surface area contributed by atoms with Gasteiger partial charge in [-0.2, -0.15) is 0 Å². The first-order valence-corrected chi connectivity index (χ1v) is 24.6. The Balaban J connectivity index is 1.11. The molecule has 0 unspecified atom stereocenters. The highest BCUT2D eigenvalue weighted by Gasteiger charge is 2.29. The van der Waals surface area contributed by atoms with Gasteiger partial charge in [0.15, 0.2) is 7.28 Å². The van der Waals surface area contributed by atoms with Crippen LogP contribution >= 0.6 is 11.8 Å². The average Bonchev–Trinajstić information content (AvgIpc) is 3.91. The summed E-state index contributed by atoms with van der Waals surface area (Å²) in [5.74, 6) is 0. The van der Waals surface area contributed by atoms with Crippen molar-refractivity contribution in [1.29, 1.82) is 0 Å². The van der Waals surface area contributed by atoms with E-state index >= 15 is 0 Å². The number of rotatable bonds is 5. The number of hydrogen-bond acceptors (Lipinski definition) is 2. The van der Waals surface area contributed by atoms with E-state index in [1.54, 1.807) is 0 Å². The summed E-state index contributed by atoms with van der Waals surface area (Å²) in [5, 5.41) is 5.00. The lowest BCUT2D eigenvalue weighted by molar-refractivity contribution is 0.591. The van der Waals surface area contributed by atoms with Crippen LogP contribution in [0.2, 0.25) is 0 Å². The quantitative estimate of drug-likeness (QED) is 0.160. The van der Waals surface area contributed by atoms with E-state index in [1.807, 2.05) is 11.8 Å². The molecule has 1 radical (unpaired) electrons. The molecule has 0 atom stereocenters. The molecule has 0 saturated carbocycles. The molecule has 69 heavy (non-hydrogen) atoms. The van der Waals surface area contributed by atoms with Crippen molar-refractivity contribution in [2.24, 2.45) is 0 Å². The van der Waals surface area contributed by atoms with Crippen molar-refractivity contribution in [2.75, 3.05) is 4.90 Å². The van der Waals surface area contributed by atoms with Crippen molar-refractivity contribution < 1.29 is 0 Å². The van der Waals surface area contributed by atoms with Gasteiger partial charge >= 0.3 is 0 Å². The summed E-state index contributed by atoms with van der Waals surface area (Å²) in [6.45, 7) is 6.97. The van der Waals surface area contributed by atoms with Crippen LogP contribution in [0.1, 0.15) is 26.3 Å². The second-order valence-corrected chi connectivity index (χ2v) is 20.3. The highest BCUT2D eigenvalue weighted by molar-refractivity contribution is 7.99. The molecule has 1 aliphatic heterocycles. The zero-order chi connectivity index (χ0) is 46.2. The fourth-order valence-corrected chi connectivity index (χ4v) is 11.6. The highest BCUT2D eigenvalue weighted by Crippen LogP contribution is 2.50. The monoisotopic (exact) mass is 900 g/mol. The van der Waals surface area contributed by atoms with E-state index in [0.717, 1.165) is 39.4 Å². The van der Waals surface area contributed by atoms with Crippen molar-refractivity contribution in [2.45, 2.75) is 36.0 Å². The maximum Gasteiger partial charge on any atom is 0.195 e. The molecular formula is C64H47BN3S. The van der Waals surface area contributed by atoms with Crippen LogP contribution in [0.3, 0.4) is 0 Å². The standard InChI is InChI=1S/C64H47BN3S/c1-64(2,3)44-37-53(42-19-6-4-7-20-42)63(54(38-44)43-21-8-5-9-22-43)68-45-23-18-24-48(39-45)69-62-41-47(67-59-31-16-12-27-51(59)52-28-13-17-32-60(52)67)34-36-56(62)65-55-35-33-46(40-61(55)68)66-57-29-14-10-25-49(57)50-26-11-15-30-58(50)66/h4-41H,1-3H3. The zero-order valence-corrected chi connectivity index (χ0v) is 39.6. The minimum Gasteiger partial charge on any atom is -0.310 e. The molecule has 3 nitrogen and oxygen atoms in total. The van der Waals surface area contributed by atoms with Crippen LogP contribution in [0.25, 0.3) is 77.2 Å². The Kier molecular flexibility index (Phi) is 9.78. The van der Waals surface area contributed by atoms with Gasteiger partial charge in [-0.25, -0.2) is 0 Å². The van der Waals surface area contributed by atoms with E-state index in [2.05, 4.69) is 273 Å². The van der Waals surface area contributed by atoms with Crippen LogP contribution in [0.15, 0.2) is 240 Å². The lowest BCUT2D eigenvalue weighted by atomic mass is 9.63. The molecule has 0 amide bonds. The summed E-state index contributed by atoms with van der Waals surface area (Å²) in [4.78, 5) is 4.92. The van der Waals surface area contributed by atoms with Crippen molar-refractivity contribution in [3.05, 3.63) is 236 Å². The van der Waals surface area contributed by atoms with Gasteiger partial charge in [-0.1, -0.05) is 195 Å². The number of anilines is 3. The Morgan fingerprint density at radius 2 is 0.855 bits per heavy atom. The molecule has 0 fully saturated rings. The van der Waals surface area contributed by atoms with Crippen LogP contribution < -0.4 is 15.8 Å². The number of hydrogen-bond donors (Lipinski definition) is 0. The minimum atomic E-state index is -0.106. The van der Waals surface area contributed by atoms with Gasteiger partial charge in [0.1, 0.15) is 0 Å². The Morgan fingerprint density at radius 1 is 0.391 bits per heavy atom. The van der Waals surface area contributed by atoms with Gasteiger partial charge in [0.25, 0.3) is 0 Å². The van der Waals surface area contributed by atoms with Crippen molar-refractivity contribution in [3.63, 3.8) is 0 Å². The fraction of sp³-hybridized carbons (Fsp3) is 0.0625. The molecule has 327 valence electrons. The smallest absolute Gasteiger partial charge is 0.195 e. The largest absolute Gasteiger partial charge is 0.310 e. The van der Waals surface area contributed by atoms with E-state index in [0.29, 0.717) is 0 Å². The summed E-state index contributed by atoms with van der Waals surface area (Å²) >= 11 is 1.83. The molecule has 0 saturated heterocycles. The van der Waals surface area contributed by atoms with E-state index in [9.17, 15) is 0 Å². The van der Waals surface area contributed by atoms with Gasteiger partial charge in [-0.05, 0) is 101 Å². The molecule has 12 aromatic rings. The maximum absolute atomic E-state index is 2.56. The lowest BCUT2D eigenvalue weighted by Gasteiger charge is -2.34. The third-order valence-corrected chi connectivity index (χ3v) is 15.0. The van der Waals surface area contributed by atoms with Gasteiger partial charge in [0.2, 0.25) is 0 Å². The Labute approximate surface area is 408 Å². The highest BCUT2D eigenvalue weighted by atomic mass is 32.2. The molecule has 1 aliphatic rings. The maximum atomic E-state index is 2.56. The van der Waals surface area contributed by atoms with Gasteiger partial charge in [0.05, 0.1) is 27.8 Å². The molecule has 2 bridgehead atoms. The summed E-state index contributed by atoms with van der Waals surface area (Å²) in [5.41, 5.74) is 18.5. The first kappa shape index (κ1) is 41.2. The number of fused-ring (bicyclic) bond motifs is 10. The lowest BCUT2D eigenvalue weighted by Crippen LogP contribution is -2.33. The predicted molar refractivity (Wildman–Crippen MR) is 295 cm³/mol. The third kappa shape index (κ3) is 6.99. The first-order valence-electron chi connectivity index (χ1n) is 23.8.